The van der Waals surface area contributed by atoms with Gasteiger partial charge in [0.25, 0.3) is 0 Å². The van der Waals surface area contributed by atoms with Gasteiger partial charge in [0.1, 0.15) is 0 Å². The van der Waals surface area contributed by atoms with E-state index in [0.29, 0.717) is 0 Å². The lowest BCUT2D eigenvalue weighted by molar-refractivity contribution is 0.315. The van der Waals surface area contributed by atoms with Gasteiger partial charge in [-0.1, -0.05) is 30.3 Å². The lowest BCUT2D eigenvalue weighted by atomic mass is 10.2. The van der Waals surface area contributed by atoms with Gasteiger partial charge >= 0.3 is 0 Å². The predicted molar refractivity (Wildman–Crippen MR) is 58.0 cm³/mol. The van der Waals surface area contributed by atoms with Crippen LogP contribution in [0.4, 0.5) is 0 Å². The maximum absolute atomic E-state index is 4.02. The molecule has 0 saturated heterocycles. The summed E-state index contributed by atoms with van der Waals surface area (Å²) in [5, 5.41) is 10.4. The van der Waals surface area contributed by atoms with E-state index in [2.05, 4.69) is 51.6 Å². The maximum atomic E-state index is 4.02. The third-order valence-corrected chi connectivity index (χ3v) is 2.19. The van der Waals surface area contributed by atoms with Gasteiger partial charge in [-0.05, 0) is 12.6 Å². The van der Waals surface area contributed by atoms with Crippen molar-refractivity contribution in [3.8, 4) is 0 Å². The smallest absolute Gasteiger partial charge is 0.0964 e. The largest absolute Gasteiger partial charge is 0.296 e. The Bertz CT molecular complexity index is 382. The minimum absolute atomic E-state index is 0.811. The zero-order valence-corrected chi connectivity index (χ0v) is 8.72. The van der Waals surface area contributed by atoms with Gasteiger partial charge in [-0.15, -0.1) is 0 Å². The molecule has 0 aliphatic heterocycles. The third-order valence-electron chi connectivity index (χ3n) is 2.19. The van der Waals surface area contributed by atoms with Gasteiger partial charge in [0.05, 0.1) is 11.9 Å². The first-order valence-electron chi connectivity index (χ1n) is 4.92. The third kappa shape index (κ3) is 2.89. The number of nitrogens with zero attached hydrogens (tertiary/aromatic N) is 3. The van der Waals surface area contributed by atoms with Crippen LogP contribution in [0.25, 0.3) is 0 Å². The normalized spacial score (nSPS) is 10.8. The Labute approximate surface area is 88.9 Å². The van der Waals surface area contributed by atoms with Crippen LogP contribution in [0.15, 0.2) is 36.5 Å². The Morgan fingerprint density at radius 2 is 2.00 bits per heavy atom. The van der Waals surface area contributed by atoms with E-state index >= 15 is 0 Å². The fourth-order valence-electron chi connectivity index (χ4n) is 1.53. The topological polar surface area (TPSA) is 44.8 Å². The van der Waals surface area contributed by atoms with Crippen molar-refractivity contribution in [2.45, 2.75) is 13.1 Å². The Morgan fingerprint density at radius 1 is 1.20 bits per heavy atom. The van der Waals surface area contributed by atoms with Crippen molar-refractivity contribution in [3.05, 3.63) is 47.8 Å². The molecule has 0 spiro atoms. The minimum atomic E-state index is 0.811. The number of H-pyrrole nitrogens is 1. The van der Waals surface area contributed by atoms with Crippen LogP contribution in [-0.4, -0.2) is 27.4 Å². The van der Waals surface area contributed by atoms with E-state index in [1.807, 2.05) is 6.07 Å². The molecule has 0 saturated carbocycles. The lowest BCUT2D eigenvalue weighted by Gasteiger charge is -2.14. The molecule has 2 rings (SSSR count). The second-order valence-electron chi connectivity index (χ2n) is 3.62. The zero-order chi connectivity index (χ0) is 10.5. The van der Waals surface area contributed by atoms with Crippen LogP contribution < -0.4 is 0 Å². The molecular formula is C11H14N4. The van der Waals surface area contributed by atoms with Crippen molar-refractivity contribution >= 4 is 0 Å². The van der Waals surface area contributed by atoms with Crippen molar-refractivity contribution in [1.82, 2.24) is 20.3 Å². The molecule has 0 unspecified atom stereocenters. The molecule has 0 aliphatic carbocycles. The molecule has 78 valence electrons. The van der Waals surface area contributed by atoms with Crippen LogP contribution in [0.1, 0.15) is 11.3 Å². The van der Waals surface area contributed by atoms with Crippen LogP contribution in [0.2, 0.25) is 0 Å². The van der Waals surface area contributed by atoms with E-state index < -0.39 is 0 Å². The zero-order valence-electron chi connectivity index (χ0n) is 8.72. The van der Waals surface area contributed by atoms with E-state index in [1.165, 1.54) is 5.56 Å². The summed E-state index contributed by atoms with van der Waals surface area (Å²) < 4.78 is 0. The number of aromatic amines is 1. The lowest BCUT2D eigenvalue weighted by Crippen LogP contribution is -2.17. The van der Waals surface area contributed by atoms with Crippen LogP contribution in [-0.2, 0) is 13.1 Å². The highest BCUT2D eigenvalue weighted by Crippen LogP contribution is 2.04. The maximum Gasteiger partial charge on any atom is 0.0964 e. The molecule has 2 aromatic rings. The monoisotopic (exact) mass is 202 g/mol. The molecule has 1 N–H and O–H groups in total. The summed E-state index contributed by atoms with van der Waals surface area (Å²) in [5.74, 6) is 0. The predicted octanol–water partition coefficient (Wildman–Crippen LogP) is 1.44. The minimum Gasteiger partial charge on any atom is -0.296 e. The summed E-state index contributed by atoms with van der Waals surface area (Å²) in [5.41, 5.74) is 2.27. The quantitative estimate of drug-likeness (QED) is 0.815. The molecule has 0 aliphatic rings. The van der Waals surface area contributed by atoms with E-state index in [9.17, 15) is 0 Å². The van der Waals surface area contributed by atoms with E-state index in [4.69, 9.17) is 0 Å². The Morgan fingerprint density at radius 3 is 2.67 bits per heavy atom. The van der Waals surface area contributed by atoms with Crippen molar-refractivity contribution in [3.63, 3.8) is 0 Å². The van der Waals surface area contributed by atoms with Gasteiger partial charge in [-0.3, -0.25) is 4.90 Å². The summed E-state index contributed by atoms with van der Waals surface area (Å²) in [6.07, 6.45) is 1.75. The molecule has 1 aromatic carbocycles. The van der Waals surface area contributed by atoms with Gasteiger partial charge in [0.2, 0.25) is 0 Å². The second kappa shape index (κ2) is 4.70. The van der Waals surface area contributed by atoms with Gasteiger partial charge in [0.15, 0.2) is 0 Å². The molecule has 0 fully saturated rings. The molecule has 0 bridgehead atoms. The van der Waals surface area contributed by atoms with Crippen molar-refractivity contribution in [1.29, 1.82) is 0 Å². The summed E-state index contributed by atoms with van der Waals surface area (Å²) in [6, 6.07) is 10.4. The molecule has 0 amide bonds. The molecule has 4 heteroatoms. The first kappa shape index (κ1) is 9.86. The van der Waals surface area contributed by atoms with Gasteiger partial charge in [0, 0.05) is 13.1 Å². The first-order chi connectivity index (χ1) is 7.34. The second-order valence-corrected chi connectivity index (χ2v) is 3.62. The fourth-order valence-corrected chi connectivity index (χ4v) is 1.53. The average Bonchev–Trinajstić information content (AvgIpc) is 2.71. The number of benzene rings is 1. The van der Waals surface area contributed by atoms with Crippen molar-refractivity contribution < 1.29 is 0 Å². The van der Waals surface area contributed by atoms with Crippen LogP contribution in [0, 0.1) is 0 Å². The van der Waals surface area contributed by atoms with Crippen molar-refractivity contribution in [2.75, 3.05) is 7.05 Å². The highest BCUT2D eigenvalue weighted by Gasteiger charge is 2.02. The number of nitrogens with one attached hydrogen (secondary N) is 1. The summed E-state index contributed by atoms with van der Waals surface area (Å²) in [4.78, 5) is 2.20. The van der Waals surface area contributed by atoms with E-state index in [-0.39, 0.29) is 0 Å². The molecular weight excluding hydrogens is 188 g/mol. The van der Waals surface area contributed by atoms with Crippen LogP contribution >= 0.6 is 0 Å². The van der Waals surface area contributed by atoms with Crippen LogP contribution in [0.5, 0.6) is 0 Å². The van der Waals surface area contributed by atoms with Gasteiger partial charge < -0.3 is 0 Å². The highest BCUT2D eigenvalue weighted by molar-refractivity contribution is 5.14. The number of aromatic nitrogens is 3. The molecule has 0 atom stereocenters. The molecule has 0 radical (unpaired) electrons. The number of hydrogen-bond donors (Lipinski definition) is 1. The Kier molecular flexibility index (Phi) is 3.09. The Balaban J connectivity index is 1.90. The Hall–Kier alpha value is -1.68. The standard InChI is InChI=1S/C11H14N4/c1-15(9-11-7-12-14-13-11)8-10-5-3-2-4-6-10/h2-7H,8-9H2,1H3,(H,12,13,14). The summed E-state index contributed by atoms with van der Waals surface area (Å²) in [6.45, 7) is 1.74. The number of rotatable bonds is 4. The number of hydrogen-bond acceptors (Lipinski definition) is 3. The molecule has 1 aromatic heterocycles. The van der Waals surface area contributed by atoms with Crippen molar-refractivity contribution in [2.24, 2.45) is 0 Å². The molecule has 15 heavy (non-hydrogen) atoms. The average molecular weight is 202 g/mol. The van der Waals surface area contributed by atoms with Gasteiger partial charge in [-0.25, -0.2) is 0 Å². The highest BCUT2D eigenvalue weighted by atomic mass is 15.3. The van der Waals surface area contributed by atoms with E-state index in [1.54, 1.807) is 6.20 Å². The van der Waals surface area contributed by atoms with E-state index in [0.717, 1.165) is 18.8 Å². The fraction of sp³-hybridized carbons (Fsp3) is 0.273. The van der Waals surface area contributed by atoms with Crippen LogP contribution in [0.3, 0.4) is 0 Å². The summed E-state index contributed by atoms with van der Waals surface area (Å²) >= 11 is 0. The summed E-state index contributed by atoms with van der Waals surface area (Å²) in [7, 11) is 2.07. The first-order valence-corrected chi connectivity index (χ1v) is 4.92. The van der Waals surface area contributed by atoms with Gasteiger partial charge in [-0.2, -0.15) is 15.4 Å². The molecule has 1 heterocycles. The SMILES string of the molecule is CN(Cc1ccccc1)Cc1cn[nH]n1. The molecule has 4 nitrogen and oxygen atoms in total.